The van der Waals surface area contributed by atoms with Gasteiger partial charge in [-0.25, -0.2) is 4.79 Å². The molecule has 1 unspecified atom stereocenters. The second kappa shape index (κ2) is 11.2. The van der Waals surface area contributed by atoms with Crippen LogP contribution in [0.15, 0.2) is 42.5 Å². The highest BCUT2D eigenvalue weighted by molar-refractivity contribution is 6.35. The molecule has 1 fully saturated rings. The quantitative estimate of drug-likeness (QED) is 0.572. The highest BCUT2D eigenvalue weighted by Crippen LogP contribution is 2.25. The molecular weight excluding hydrogens is 457 g/mol. The SMILES string of the molecule is COCCOC(=O)Nc1cccc(NC(=O)C2CCCN2C(=O)c2cc(Cl)cc(Cl)c2)c1. The maximum Gasteiger partial charge on any atom is 0.411 e. The van der Waals surface area contributed by atoms with E-state index in [2.05, 4.69) is 10.6 Å². The van der Waals surface area contributed by atoms with Crippen LogP contribution in [0.3, 0.4) is 0 Å². The van der Waals surface area contributed by atoms with Crippen molar-refractivity contribution in [2.45, 2.75) is 18.9 Å². The topological polar surface area (TPSA) is 97.0 Å². The van der Waals surface area contributed by atoms with Gasteiger partial charge in [-0.2, -0.15) is 0 Å². The predicted molar refractivity (Wildman–Crippen MR) is 122 cm³/mol. The first-order chi connectivity index (χ1) is 15.4. The van der Waals surface area contributed by atoms with Crippen molar-refractivity contribution < 1.29 is 23.9 Å². The van der Waals surface area contributed by atoms with Gasteiger partial charge in [-0.3, -0.25) is 14.9 Å². The molecule has 3 amide bonds. The second-order valence-corrected chi connectivity index (χ2v) is 8.01. The first kappa shape index (κ1) is 23.8. The Hall–Kier alpha value is -2.81. The average molecular weight is 480 g/mol. The fourth-order valence-electron chi connectivity index (χ4n) is 3.40. The molecule has 0 spiro atoms. The Labute approximate surface area is 195 Å². The number of likely N-dealkylation sites (tertiary alicyclic amines) is 1. The van der Waals surface area contributed by atoms with Crippen LogP contribution < -0.4 is 10.6 Å². The average Bonchev–Trinajstić information content (AvgIpc) is 3.23. The molecule has 2 N–H and O–H groups in total. The van der Waals surface area contributed by atoms with E-state index in [1.807, 2.05) is 0 Å². The summed E-state index contributed by atoms with van der Waals surface area (Å²) in [5.74, 6) is -0.620. The van der Waals surface area contributed by atoms with E-state index in [0.717, 1.165) is 0 Å². The van der Waals surface area contributed by atoms with Gasteiger partial charge in [0.15, 0.2) is 0 Å². The maximum atomic E-state index is 13.0. The minimum atomic E-state index is -0.629. The van der Waals surface area contributed by atoms with Crippen LogP contribution >= 0.6 is 23.2 Å². The van der Waals surface area contributed by atoms with Crippen molar-refractivity contribution in [3.63, 3.8) is 0 Å². The number of benzene rings is 2. The lowest BCUT2D eigenvalue weighted by molar-refractivity contribution is -0.119. The Morgan fingerprint density at radius 1 is 1.03 bits per heavy atom. The highest BCUT2D eigenvalue weighted by atomic mass is 35.5. The molecule has 170 valence electrons. The van der Waals surface area contributed by atoms with Gasteiger partial charge in [0.1, 0.15) is 12.6 Å². The molecule has 1 aliphatic rings. The fourth-order valence-corrected chi connectivity index (χ4v) is 3.92. The van der Waals surface area contributed by atoms with Gasteiger partial charge in [0.25, 0.3) is 5.91 Å². The van der Waals surface area contributed by atoms with Crippen molar-refractivity contribution in [2.75, 3.05) is 37.5 Å². The van der Waals surface area contributed by atoms with E-state index in [9.17, 15) is 14.4 Å². The van der Waals surface area contributed by atoms with Crippen molar-refractivity contribution in [1.29, 1.82) is 0 Å². The van der Waals surface area contributed by atoms with Crippen LogP contribution in [0.5, 0.6) is 0 Å². The van der Waals surface area contributed by atoms with E-state index in [4.69, 9.17) is 32.7 Å². The summed E-state index contributed by atoms with van der Waals surface area (Å²) in [6.07, 6.45) is 0.612. The molecule has 0 bridgehead atoms. The summed E-state index contributed by atoms with van der Waals surface area (Å²) in [5, 5.41) is 6.10. The molecule has 1 atom stereocenters. The summed E-state index contributed by atoms with van der Waals surface area (Å²) < 4.78 is 9.79. The molecule has 32 heavy (non-hydrogen) atoms. The van der Waals surface area contributed by atoms with Crippen LogP contribution in [0.1, 0.15) is 23.2 Å². The standard InChI is InChI=1S/C22H23Cl2N3O5/c1-31-8-9-32-22(30)26-18-5-2-4-17(13-18)25-20(28)19-6-3-7-27(19)21(29)14-10-15(23)12-16(24)11-14/h2,4-5,10-13,19H,3,6-9H2,1H3,(H,25,28)(H,26,30). The van der Waals surface area contributed by atoms with Crippen molar-refractivity contribution in [2.24, 2.45) is 0 Å². The summed E-state index contributed by atoms with van der Waals surface area (Å²) in [5.41, 5.74) is 1.27. The summed E-state index contributed by atoms with van der Waals surface area (Å²) in [7, 11) is 1.51. The maximum absolute atomic E-state index is 13.0. The minimum Gasteiger partial charge on any atom is -0.447 e. The van der Waals surface area contributed by atoms with Gasteiger partial charge in [-0.15, -0.1) is 0 Å². The highest BCUT2D eigenvalue weighted by Gasteiger charge is 2.34. The van der Waals surface area contributed by atoms with Gasteiger partial charge < -0.3 is 19.7 Å². The van der Waals surface area contributed by atoms with Crippen molar-refractivity contribution >= 4 is 52.5 Å². The largest absolute Gasteiger partial charge is 0.447 e. The van der Waals surface area contributed by atoms with E-state index >= 15 is 0 Å². The summed E-state index contributed by atoms with van der Waals surface area (Å²) in [4.78, 5) is 39.2. The number of amides is 3. The third kappa shape index (κ3) is 6.35. The number of ether oxygens (including phenoxy) is 2. The first-order valence-electron chi connectivity index (χ1n) is 9.98. The van der Waals surface area contributed by atoms with Crippen LogP contribution in [-0.4, -0.2) is 55.7 Å². The first-order valence-corrected chi connectivity index (χ1v) is 10.7. The zero-order chi connectivity index (χ0) is 23.1. The summed E-state index contributed by atoms with van der Waals surface area (Å²) in [6.45, 7) is 0.875. The number of hydrogen-bond donors (Lipinski definition) is 2. The van der Waals surface area contributed by atoms with E-state index < -0.39 is 12.1 Å². The van der Waals surface area contributed by atoms with Gasteiger partial charge in [0.2, 0.25) is 5.91 Å². The Bertz CT molecular complexity index is 981. The zero-order valence-corrected chi connectivity index (χ0v) is 18.9. The number of hydrogen-bond acceptors (Lipinski definition) is 5. The summed E-state index contributed by atoms with van der Waals surface area (Å²) in [6, 6.07) is 10.6. The smallest absolute Gasteiger partial charge is 0.411 e. The molecular formula is C22H23Cl2N3O5. The van der Waals surface area contributed by atoms with Gasteiger partial charge in [0, 0.05) is 40.6 Å². The van der Waals surface area contributed by atoms with Crippen LogP contribution in [-0.2, 0) is 14.3 Å². The van der Waals surface area contributed by atoms with Crippen molar-refractivity contribution in [3.8, 4) is 0 Å². The number of halogens is 2. The van der Waals surface area contributed by atoms with E-state index in [1.54, 1.807) is 30.3 Å². The number of rotatable bonds is 7. The van der Waals surface area contributed by atoms with Crippen LogP contribution in [0, 0.1) is 0 Å². The van der Waals surface area contributed by atoms with Gasteiger partial charge in [-0.05, 0) is 49.2 Å². The predicted octanol–water partition coefficient (Wildman–Crippen LogP) is 4.43. The Morgan fingerprint density at radius 2 is 1.72 bits per heavy atom. The Balaban J connectivity index is 1.64. The lowest BCUT2D eigenvalue weighted by Crippen LogP contribution is -2.43. The van der Waals surface area contributed by atoms with Gasteiger partial charge in [0.05, 0.1) is 6.61 Å². The molecule has 1 heterocycles. The van der Waals surface area contributed by atoms with Crippen molar-refractivity contribution in [1.82, 2.24) is 4.90 Å². The number of carbonyl (C=O) groups is 3. The fraction of sp³-hybridized carbons (Fsp3) is 0.318. The van der Waals surface area contributed by atoms with E-state index in [-0.39, 0.29) is 18.4 Å². The molecule has 0 aromatic heterocycles. The third-order valence-electron chi connectivity index (χ3n) is 4.82. The molecule has 2 aromatic carbocycles. The second-order valence-electron chi connectivity index (χ2n) is 7.14. The third-order valence-corrected chi connectivity index (χ3v) is 5.26. The van der Waals surface area contributed by atoms with Crippen LogP contribution in [0.4, 0.5) is 16.2 Å². The molecule has 1 aliphatic heterocycles. The number of carbonyl (C=O) groups excluding carboxylic acids is 3. The zero-order valence-electron chi connectivity index (χ0n) is 17.4. The van der Waals surface area contributed by atoms with E-state index in [1.165, 1.54) is 24.1 Å². The molecule has 3 rings (SSSR count). The normalized spacial score (nSPS) is 15.3. The number of anilines is 2. The number of nitrogens with one attached hydrogen (secondary N) is 2. The molecule has 10 heteroatoms. The molecule has 0 aliphatic carbocycles. The molecule has 8 nitrogen and oxygen atoms in total. The Morgan fingerprint density at radius 3 is 2.41 bits per heavy atom. The lowest BCUT2D eigenvalue weighted by atomic mass is 10.1. The van der Waals surface area contributed by atoms with Crippen LogP contribution in [0.2, 0.25) is 10.0 Å². The van der Waals surface area contributed by atoms with Crippen molar-refractivity contribution in [3.05, 3.63) is 58.1 Å². The molecule has 0 radical (unpaired) electrons. The summed E-state index contributed by atoms with van der Waals surface area (Å²) >= 11 is 12.0. The van der Waals surface area contributed by atoms with Crippen LogP contribution in [0.25, 0.3) is 0 Å². The molecule has 0 saturated carbocycles. The molecule has 1 saturated heterocycles. The lowest BCUT2D eigenvalue weighted by Gasteiger charge is -2.24. The van der Waals surface area contributed by atoms with Gasteiger partial charge in [-0.1, -0.05) is 29.3 Å². The number of methoxy groups -OCH3 is 1. The van der Waals surface area contributed by atoms with E-state index in [0.29, 0.717) is 53.0 Å². The molecule has 2 aromatic rings. The van der Waals surface area contributed by atoms with Gasteiger partial charge >= 0.3 is 6.09 Å². The number of nitrogens with zero attached hydrogens (tertiary/aromatic N) is 1. The Kier molecular flexibility index (Phi) is 8.33. The monoisotopic (exact) mass is 479 g/mol. The minimum absolute atomic E-state index is 0.127.